The van der Waals surface area contributed by atoms with Crippen LogP contribution in [0.2, 0.25) is 0 Å². The Bertz CT molecular complexity index is 388. The molecule has 0 aromatic heterocycles. The van der Waals surface area contributed by atoms with Crippen LogP contribution in [0.1, 0.15) is 36.2 Å². The van der Waals surface area contributed by atoms with Crippen molar-refractivity contribution in [3.8, 4) is 0 Å². The minimum atomic E-state index is -0.0492. The minimum absolute atomic E-state index is 0.0492. The van der Waals surface area contributed by atoms with Gasteiger partial charge in [-0.15, -0.1) is 0 Å². The summed E-state index contributed by atoms with van der Waals surface area (Å²) in [5, 5.41) is 5.98. The Morgan fingerprint density at radius 2 is 1.95 bits per heavy atom. The van der Waals surface area contributed by atoms with Gasteiger partial charge in [0.05, 0.1) is 0 Å². The first-order valence-corrected chi connectivity index (χ1v) is 7.23. The first kappa shape index (κ1) is 16.7. The number of hydrogen-bond acceptors (Lipinski definition) is 3. The van der Waals surface area contributed by atoms with Gasteiger partial charge >= 0.3 is 0 Å². The van der Waals surface area contributed by atoms with Gasteiger partial charge in [-0.2, -0.15) is 0 Å². The molecule has 1 aromatic rings. The quantitative estimate of drug-likeness (QED) is 0.681. The molecule has 0 saturated carbocycles. The highest BCUT2D eigenvalue weighted by atomic mass is 16.5. The molecule has 0 heterocycles. The summed E-state index contributed by atoms with van der Waals surface area (Å²) >= 11 is 0. The van der Waals surface area contributed by atoms with Gasteiger partial charge in [-0.1, -0.05) is 26.0 Å². The Morgan fingerprint density at radius 3 is 2.55 bits per heavy atom. The number of benzene rings is 1. The monoisotopic (exact) mass is 278 g/mol. The SMILES string of the molecule is CNC(=O)c1ccc(CNCCCOCC(C)C)cc1. The number of rotatable bonds is 9. The second kappa shape index (κ2) is 9.50. The molecular formula is C16H26N2O2. The molecule has 4 nitrogen and oxygen atoms in total. The molecule has 0 aliphatic carbocycles. The highest BCUT2D eigenvalue weighted by molar-refractivity contribution is 5.93. The molecule has 0 unspecified atom stereocenters. The Hall–Kier alpha value is -1.39. The van der Waals surface area contributed by atoms with E-state index in [0.717, 1.165) is 32.7 Å². The van der Waals surface area contributed by atoms with E-state index in [9.17, 15) is 4.79 Å². The summed E-state index contributed by atoms with van der Waals surface area (Å²) in [5.41, 5.74) is 1.87. The molecule has 0 aliphatic heterocycles. The van der Waals surface area contributed by atoms with E-state index in [0.29, 0.717) is 11.5 Å². The number of carbonyl (C=O) groups is 1. The van der Waals surface area contributed by atoms with Crippen LogP contribution in [-0.2, 0) is 11.3 Å². The van der Waals surface area contributed by atoms with Crippen molar-refractivity contribution in [3.63, 3.8) is 0 Å². The van der Waals surface area contributed by atoms with E-state index in [4.69, 9.17) is 4.74 Å². The van der Waals surface area contributed by atoms with E-state index in [1.54, 1.807) is 7.05 Å². The van der Waals surface area contributed by atoms with Crippen molar-refractivity contribution in [1.29, 1.82) is 0 Å². The van der Waals surface area contributed by atoms with Crippen molar-refractivity contribution in [2.45, 2.75) is 26.8 Å². The second-order valence-corrected chi connectivity index (χ2v) is 5.28. The van der Waals surface area contributed by atoms with Crippen LogP contribution in [0.15, 0.2) is 24.3 Å². The van der Waals surface area contributed by atoms with Crippen molar-refractivity contribution in [1.82, 2.24) is 10.6 Å². The summed E-state index contributed by atoms with van der Waals surface area (Å²) in [4.78, 5) is 11.4. The molecule has 0 atom stereocenters. The number of hydrogen-bond donors (Lipinski definition) is 2. The van der Waals surface area contributed by atoms with Crippen LogP contribution in [-0.4, -0.2) is 32.7 Å². The maximum atomic E-state index is 11.4. The van der Waals surface area contributed by atoms with Crippen LogP contribution in [0, 0.1) is 5.92 Å². The fourth-order valence-corrected chi connectivity index (χ4v) is 1.77. The average molecular weight is 278 g/mol. The molecule has 4 heteroatoms. The van der Waals surface area contributed by atoms with E-state index >= 15 is 0 Å². The van der Waals surface area contributed by atoms with Crippen molar-refractivity contribution in [2.24, 2.45) is 5.92 Å². The fourth-order valence-electron chi connectivity index (χ4n) is 1.77. The van der Waals surface area contributed by atoms with Crippen molar-refractivity contribution >= 4 is 5.91 Å². The maximum Gasteiger partial charge on any atom is 0.251 e. The van der Waals surface area contributed by atoms with Gasteiger partial charge in [0, 0.05) is 32.4 Å². The lowest BCUT2D eigenvalue weighted by atomic mass is 10.1. The summed E-state index contributed by atoms with van der Waals surface area (Å²) in [6, 6.07) is 7.66. The topological polar surface area (TPSA) is 50.4 Å². The largest absolute Gasteiger partial charge is 0.381 e. The van der Waals surface area contributed by atoms with Gasteiger partial charge in [-0.3, -0.25) is 4.79 Å². The third-order valence-corrected chi connectivity index (χ3v) is 2.87. The highest BCUT2D eigenvalue weighted by Gasteiger charge is 2.01. The van der Waals surface area contributed by atoms with Gasteiger partial charge in [0.25, 0.3) is 5.91 Å². The Balaban J connectivity index is 2.14. The number of nitrogens with one attached hydrogen (secondary N) is 2. The highest BCUT2D eigenvalue weighted by Crippen LogP contribution is 2.04. The molecule has 1 aromatic carbocycles. The molecule has 20 heavy (non-hydrogen) atoms. The van der Waals surface area contributed by atoms with E-state index in [-0.39, 0.29) is 5.91 Å². The van der Waals surface area contributed by atoms with Gasteiger partial charge in [0.15, 0.2) is 0 Å². The van der Waals surface area contributed by atoms with Gasteiger partial charge in [-0.05, 0) is 36.6 Å². The lowest BCUT2D eigenvalue weighted by Gasteiger charge is -2.08. The second-order valence-electron chi connectivity index (χ2n) is 5.28. The normalized spacial score (nSPS) is 10.8. The first-order valence-electron chi connectivity index (χ1n) is 7.23. The standard InChI is InChI=1S/C16H26N2O2/c1-13(2)12-20-10-4-9-18-11-14-5-7-15(8-6-14)16(19)17-3/h5-8,13,18H,4,9-12H2,1-3H3,(H,17,19). The van der Waals surface area contributed by atoms with E-state index in [1.807, 2.05) is 24.3 Å². The average Bonchev–Trinajstić information content (AvgIpc) is 2.45. The third kappa shape index (κ3) is 6.68. The molecule has 2 N–H and O–H groups in total. The van der Waals surface area contributed by atoms with Crippen LogP contribution in [0.5, 0.6) is 0 Å². The summed E-state index contributed by atoms with van der Waals surface area (Å²) in [5.74, 6) is 0.550. The summed E-state index contributed by atoms with van der Waals surface area (Å²) in [6.45, 7) is 7.71. The zero-order chi connectivity index (χ0) is 14.8. The van der Waals surface area contributed by atoms with Crippen LogP contribution < -0.4 is 10.6 Å². The maximum absolute atomic E-state index is 11.4. The predicted octanol–water partition coefficient (Wildman–Crippen LogP) is 2.20. The molecule has 0 bridgehead atoms. The van der Waals surface area contributed by atoms with Gasteiger partial charge in [-0.25, -0.2) is 0 Å². The molecule has 0 radical (unpaired) electrons. The molecule has 0 saturated heterocycles. The smallest absolute Gasteiger partial charge is 0.251 e. The summed E-state index contributed by atoms with van der Waals surface area (Å²) in [7, 11) is 1.64. The number of ether oxygens (including phenoxy) is 1. The Kier molecular flexibility index (Phi) is 7.92. The lowest BCUT2D eigenvalue weighted by molar-refractivity contribution is 0.0963. The van der Waals surface area contributed by atoms with Gasteiger partial charge in [0.2, 0.25) is 0 Å². The molecular weight excluding hydrogens is 252 g/mol. The van der Waals surface area contributed by atoms with E-state index < -0.39 is 0 Å². The van der Waals surface area contributed by atoms with Gasteiger partial charge < -0.3 is 15.4 Å². The van der Waals surface area contributed by atoms with Crippen LogP contribution in [0.25, 0.3) is 0 Å². The predicted molar refractivity (Wildman–Crippen MR) is 81.8 cm³/mol. The van der Waals surface area contributed by atoms with Crippen LogP contribution in [0.3, 0.4) is 0 Å². The zero-order valence-electron chi connectivity index (χ0n) is 12.7. The van der Waals surface area contributed by atoms with Crippen molar-refractivity contribution < 1.29 is 9.53 Å². The molecule has 112 valence electrons. The third-order valence-electron chi connectivity index (χ3n) is 2.87. The molecule has 0 spiro atoms. The first-order chi connectivity index (χ1) is 9.63. The molecule has 0 fully saturated rings. The lowest BCUT2D eigenvalue weighted by Crippen LogP contribution is -2.18. The van der Waals surface area contributed by atoms with E-state index in [1.165, 1.54) is 5.56 Å². The molecule has 1 rings (SSSR count). The Labute approximate surface area is 121 Å². The summed E-state index contributed by atoms with van der Waals surface area (Å²) in [6.07, 6.45) is 1.02. The minimum Gasteiger partial charge on any atom is -0.381 e. The van der Waals surface area contributed by atoms with Gasteiger partial charge in [0.1, 0.15) is 0 Å². The Morgan fingerprint density at radius 1 is 1.25 bits per heavy atom. The van der Waals surface area contributed by atoms with Crippen LogP contribution in [0.4, 0.5) is 0 Å². The molecule has 0 aliphatic rings. The van der Waals surface area contributed by atoms with Crippen molar-refractivity contribution in [3.05, 3.63) is 35.4 Å². The zero-order valence-corrected chi connectivity index (χ0v) is 12.7. The van der Waals surface area contributed by atoms with Crippen LogP contribution >= 0.6 is 0 Å². The summed E-state index contributed by atoms with van der Waals surface area (Å²) < 4.78 is 5.52. The van der Waals surface area contributed by atoms with Crippen molar-refractivity contribution in [2.75, 3.05) is 26.8 Å². The number of carbonyl (C=O) groups excluding carboxylic acids is 1. The molecule has 1 amide bonds. The fraction of sp³-hybridized carbons (Fsp3) is 0.562. The van der Waals surface area contributed by atoms with E-state index in [2.05, 4.69) is 24.5 Å². The number of amides is 1.